The molecule has 0 unspecified atom stereocenters. The number of rotatable bonds is 5. The average Bonchev–Trinajstić information content (AvgIpc) is 2.68. The fraction of sp³-hybridized carbons (Fsp3) is 0.348. The fourth-order valence-electron chi connectivity index (χ4n) is 3.86. The van der Waals surface area contributed by atoms with Crippen molar-refractivity contribution < 1.29 is 9.53 Å². The molecule has 0 saturated carbocycles. The number of ether oxygens (including phenoxy) is 1. The zero-order valence-corrected chi connectivity index (χ0v) is 15.7. The van der Waals surface area contributed by atoms with E-state index in [4.69, 9.17) is 4.74 Å². The quantitative estimate of drug-likeness (QED) is 0.592. The lowest BCUT2D eigenvalue weighted by Gasteiger charge is -2.44. The van der Waals surface area contributed by atoms with Gasteiger partial charge in [0, 0.05) is 22.6 Å². The van der Waals surface area contributed by atoms with Crippen LogP contribution in [0.1, 0.15) is 30.9 Å². The number of likely N-dealkylation sites (tertiary alicyclic amines) is 1. The second kappa shape index (κ2) is 7.88. The molecule has 1 saturated heterocycles. The number of nitrogens with zero attached hydrogens (tertiary/aromatic N) is 1. The van der Waals surface area contributed by atoms with Crippen molar-refractivity contribution in [3.63, 3.8) is 0 Å². The molecule has 1 aliphatic rings. The lowest BCUT2D eigenvalue weighted by molar-refractivity contribution is -0.159. The van der Waals surface area contributed by atoms with E-state index in [2.05, 4.69) is 42.8 Å². The fourth-order valence-corrected chi connectivity index (χ4v) is 3.86. The summed E-state index contributed by atoms with van der Waals surface area (Å²) in [5.41, 5.74) is 1.68. The molecule has 0 amide bonds. The van der Waals surface area contributed by atoms with Gasteiger partial charge in [0.2, 0.25) is 0 Å². The van der Waals surface area contributed by atoms with Gasteiger partial charge in [0.05, 0.1) is 0 Å². The van der Waals surface area contributed by atoms with Crippen LogP contribution in [0.5, 0.6) is 0 Å². The molecule has 1 aliphatic heterocycles. The molecule has 0 radical (unpaired) electrons. The molecular weight excluding hydrogens is 322 g/mol. The summed E-state index contributed by atoms with van der Waals surface area (Å²) >= 11 is 0. The Labute approximate surface area is 156 Å². The number of hydrogen-bond donors (Lipinski definition) is 0. The maximum atomic E-state index is 12.7. The number of piperidine rings is 1. The van der Waals surface area contributed by atoms with Crippen LogP contribution in [-0.2, 0) is 15.1 Å². The molecule has 0 spiro atoms. The predicted octanol–water partition coefficient (Wildman–Crippen LogP) is 4.39. The molecule has 1 fully saturated rings. The molecule has 0 bridgehead atoms. The van der Waals surface area contributed by atoms with Crippen molar-refractivity contribution in [2.45, 2.75) is 25.4 Å². The Morgan fingerprint density at radius 1 is 1.00 bits per heavy atom. The summed E-state index contributed by atoms with van der Waals surface area (Å²) in [6, 6.07) is 20.3. The van der Waals surface area contributed by atoms with Crippen LogP contribution >= 0.6 is 0 Å². The number of benzene rings is 2. The summed E-state index contributed by atoms with van der Waals surface area (Å²) in [7, 11) is 2.14. The van der Waals surface area contributed by atoms with Gasteiger partial charge in [-0.3, -0.25) is 0 Å². The van der Waals surface area contributed by atoms with Gasteiger partial charge in [-0.25, -0.2) is 4.79 Å². The summed E-state index contributed by atoms with van der Waals surface area (Å²) in [5, 5.41) is 0. The van der Waals surface area contributed by atoms with Crippen LogP contribution in [0, 0.1) is 5.92 Å². The Balaban J connectivity index is 2.16. The molecule has 0 atom stereocenters. The van der Waals surface area contributed by atoms with E-state index in [0.29, 0.717) is 5.57 Å². The second-order valence-electron chi connectivity index (χ2n) is 7.22. The van der Waals surface area contributed by atoms with Gasteiger partial charge in [0.15, 0.2) is 5.60 Å². The summed E-state index contributed by atoms with van der Waals surface area (Å²) in [6.45, 7) is 7.50. The number of hydrogen-bond acceptors (Lipinski definition) is 3. The van der Waals surface area contributed by atoms with Crippen LogP contribution in [0.2, 0.25) is 0 Å². The summed E-state index contributed by atoms with van der Waals surface area (Å²) in [5.74, 6) is -0.122. The Hall–Kier alpha value is -2.39. The molecule has 0 aromatic heterocycles. The standard InChI is InChI=1S/C23H27NO2/c1-18(2)22(25)26-23(19-10-6-4-7-11-19,20-12-8-5-9-13-20)21-14-16-24(3)17-15-21/h4-13,21H,1,14-17H2,2-3H3. The van der Waals surface area contributed by atoms with Crippen LogP contribution < -0.4 is 0 Å². The van der Waals surface area contributed by atoms with Crippen LogP contribution in [0.15, 0.2) is 72.8 Å². The van der Waals surface area contributed by atoms with Gasteiger partial charge >= 0.3 is 5.97 Å². The maximum absolute atomic E-state index is 12.7. The first-order valence-electron chi connectivity index (χ1n) is 9.22. The van der Waals surface area contributed by atoms with E-state index in [9.17, 15) is 4.79 Å². The van der Waals surface area contributed by atoms with Crippen molar-refractivity contribution in [2.24, 2.45) is 5.92 Å². The molecule has 0 N–H and O–H groups in total. The zero-order chi connectivity index (χ0) is 18.6. The normalized spacial score (nSPS) is 16.2. The van der Waals surface area contributed by atoms with E-state index in [1.54, 1.807) is 6.92 Å². The third kappa shape index (κ3) is 3.58. The highest BCUT2D eigenvalue weighted by molar-refractivity contribution is 5.87. The van der Waals surface area contributed by atoms with Crippen LogP contribution in [-0.4, -0.2) is 31.0 Å². The van der Waals surface area contributed by atoms with E-state index in [0.717, 1.165) is 37.1 Å². The first kappa shape index (κ1) is 18.4. The molecule has 3 heteroatoms. The summed E-state index contributed by atoms with van der Waals surface area (Å²) in [6.07, 6.45) is 1.95. The average molecular weight is 349 g/mol. The summed E-state index contributed by atoms with van der Waals surface area (Å²) in [4.78, 5) is 15.0. The van der Waals surface area contributed by atoms with Crippen molar-refractivity contribution in [1.29, 1.82) is 0 Å². The summed E-state index contributed by atoms with van der Waals surface area (Å²) < 4.78 is 6.29. The first-order valence-corrected chi connectivity index (χ1v) is 9.22. The van der Waals surface area contributed by atoms with Crippen LogP contribution in [0.25, 0.3) is 0 Å². The van der Waals surface area contributed by atoms with Crippen molar-refractivity contribution in [3.8, 4) is 0 Å². The molecule has 2 aromatic rings. The molecule has 1 heterocycles. The number of carbonyl (C=O) groups is 1. The van der Waals surface area contributed by atoms with Crippen molar-refractivity contribution in [2.75, 3.05) is 20.1 Å². The van der Waals surface area contributed by atoms with Crippen LogP contribution in [0.4, 0.5) is 0 Å². The van der Waals surface area contributed by atoms with Crippen molar-refractivity contribution in [3.05, 3.63) is 83.9 Å². The van der Waals surface area contributed by atoms with Gasteiger partial charge in [-0.15, -0.1) is 0 Å². The SMILES string of the molecule is C=C(C)C(=O)OC(c1ccccc1)(c1ccccc1)C1CCN(C)CC1. The Morgan fingerprint density at radius 3 is 1.88 bits per heavy atom. The highest BCUT2D eigenvalue weighted by Crippen LogP contribution is 2.45. The largest absolute Gasteiger partial charge is 0.446 e. The third-order valence-electron chi connectivity index (χ3n) is 5.30. The zero-order valence-electron chi connectivity index (χ0n) is 15.7. The van der Waals surface area contributed by atoms with E-state index < -0.39 is 5.60 Å². The Morgan fingerprint density at radius 2 is 1.46 bits per heavy atom. The molecule has 3 rings (SSSR count). The molecule has 2 aromatic carbocycles. The van der Waals surface area contributed by atoms with E-state index >= 15 is 0 Å². The maximum Gasteiger partial charge on any atom is 0.334 e. The molecule has 136 valence electrons. The van der Waals surface area contributed by atoms with Gasteiger partial charge in [-0.05, 0) is 39.9 Å². The Bertz CT molecular complexity index is 707. The molecule has 3 nitrogen and oxygen atoms in total. The highest BCUT2D eigenvalue weighted by atomic mass is 16.6. The van der Waals surface area contributed by atoms with E-state index in [-0.39, 0.29) is 11.9 Å². The van der Waals surface area contributed by atoms with Gasteiger partial charge in [0.25, 0.3) is 0 Å². The third-order valence-corrected chi connectivity index (χ3v) is 5.30. The van der Waals surface area contributed by atoms with E-state index in [1.807, 2.05) is 36.4 Å². The number of esters is 1. The van der Waals surface area contributed by atoms with Gasteiger partial charge < -0.3 is 9.64 Å². The predicted molar refractivity (Wildman–Crippen MR) is 105 cm³/mol. The van der Waals surface area contributed by atoms with Gasteiger partial charge in [-0.2, -0.15) is 0 Å². The highest BCUT2D eigenvalue weighted by Gasteiger charge is 2.46. The topological polar surface area (TPSA) is 29.5 Å². The van der Waals surface area contributed by atoms with Crippen LogP contribution in [0.3, 0.4) is 0 Å². The minimum atomic E-state index is -0.792. The first-order chi connectivity index (χ1) is 12.5. The lowest BCUT2D eigenvalue weighted by atomic mass is 9.71. The smallest absolute Gasteiger partial charge is 0.334 e. The lowest BCUT2D eigenvalue weighted by Crippen LogP contribution is -2.46. The molecule has 0 aliphatic carbocycles. The van der Waals surface area contributed by atoms with Crippen molar-refractivity contribution >= 4 is 5.97 Å². The minimum absolute atomic E-state index is 0.215. The van der Waals surface area contributed by atoms with Gasteiger partial charge in [0.1, 0.15) is 0 Å². The molecular formula is C23H27NO2. The monoisotopic (exact) mass is 349 g/mol. The Kier molecular flexibility index (Phi) is 5.58. The molecule has 26 heavy (non-hydrogen) atoms. The van der Waals surface area contributed by atoms with E-state index in [1.165, 1.54) is 0 Å². The number of carbonyl (C=O) groups excluding carboxylic acids is 1. The van der Waals surface area contributed by atoms with Crippen molar-refractivity contribution in [1.82, 2.24) is 4.90 Å². The second-order valence-corrected chi connectivity index (χ2v) is 7.22. The minimum Gasteiger partial charge on any atom is -0.446 e. The van der Waals surface area contributed by atoms with Gasteiger partial charge in [-0.1, -0.05) is 67.2 Å².